The highest BCUT2D eigenvalue weighted by atomic mass is 16.1. The first-order valence-corrected chi connectivity index (χ1v) is 7.46. The van der Waals surface area contributed by atoms with Gasteiger partial charge in [0.25, 0.3) is 0 Å². The predicted molar refractivity (Wildman–Crippen MR) is 80.8 cm³/mol. The molecule has 0 saturated heterocycles. The van der Waals surface area contributed by atoms with Gasteiger partial charge in [-0.3, -0.25) is 4.79 Å². The monoisotopic (exact) mass is 258 g/mol. The first-order valence-electron chi connectivity index (χ1n) is 7.46. The van der Waals surface area contributed by atoms with Crippen molar-refractivity contribution in [2.24, 2.45) is 23.2 Å². The molecule has 0 radical (unpaired) electrons. The molecule has 1 saturated carbocycles. The second kappa shape index (κ2) is 5.11. The fourth-order valence-corrected chi connectivity index (χ4v) is 3.78. The van der Waals surface area contributed by atoms with Gasteiger partial charge in [0, 0.05) is 17.8 Å². The van der Waals surface area contributed by atoms with Crippen molar-refractivity contribution >= 4 is 5.78 Å². The number of carbonyl (C=O) groups excluding carboxylic acids is 1. The Morgan fingerprint density at radius 1 is 1.53 bits per heavy atom. The molecule has 1 nitrogen and oxygen atoms in total. The van der Waals surface area contributed by atoms with Crippen LogP contribution >= 0.6 is 0 Å². The summed E-state index contributed by atoms with van der Waals surface area (Å²) in [5.41, 5.74) is 2.39. The zero-order valence-corrected chi connectivity index (χ0v) is 12.7. The van der Waals surface area contributed by atoms with E-state index in [1.165, 1.54) is 5.57 Å². The molecule has 0 amide bonds. The second-order valence-corrected chi connectivity index (χ2v) is 6.92. The van der Waals surface area contributed by atoms with Gasteiger partial charge in [0.2, 0.25) is 0 Å². The van der Waals surface area contributed by atoms with Crippen LogP contribution in [0.15, 0.2) is 36.0 Å². The molecule has 2 aliphatic carbocycles. The summed E-state index contributed by atoms with van der Waals surface area (Å²) in [5.74, 6) is 1.50. The normalized spacial score (nSPS) is 34.2. The Bertz CT molecular complexity index is 452. The van der Waals surface area contributed by atoms with Crippen molar-refractivity contribution in [2.45, 2.75) is 47.0 Å². The lowest BCUT2D eigenvalue weighted by atomic mass is 9.57. The smallest absolute Gasteiger partial charge is 0.137 e. The third-order valence-corrected chi connectivity index (χ3v) is 4.74. The van der Waals surface area contributed by atoms with Gasteiger partial charge in [-0.05, 0) is 30.3 Å². The van der Waals surface area contributed by atoms with Crippen molar-refractivity contribution in [1.29, 1.82) is 0 Å². The minimum Gasteiger partial charge on any atom is -0.299 e. The van der Waals surface area contributed by atoms with Crippen LogP contribution in [0.3, 0.4) is 0 Å². The van der Waals surface area contributed by atoms with E-state index in [0.717, 1.165) is 18.4 Å². The zero-order chi connectivity index (χ0) is 14.2. The highest BCUT2D eigenvalue weighted by molar-refractivity contribution is 5.83. The first kappa shape index (κ1) is 14.3. The molecule has 0 aromatic carbocycles. The molecule has 3 atom stereocenters. The fraction of sp³-hybridized carbons (Fsp3) is 0.611. The van der Waals surface area contributed by atoms with Crippen molar-refractivity contribution in [3.05, 3.63) is 36.0 Å². The molecule has 0 aliphatic heterocycles. The summed E-state index contributed by atoms with van der Waals surface area (Å²) in [6.45, 7) is 12.8. The molecule has 0 aromatic rings. The number of rotatable bonds is 3. The van der Waals surface area contributed by atoms with Crippen molar-refractivity contribution in [2.75, 3.05) is 0 Å². The lowest BCUT2D eigenvalue weighted by molar-refractivity contribution is -0.128. The highest BCUT2D eigenvalue weighted by Crippen LogP contribution is 2.51. The maximum atomic E-state index is 12.7. The van der Waals surface area contributed by atoms with E-state index in [4.69, 9.17) is 0 Å². The van der Waals surface area contributed by atoms with Gasteiger partial charge in [-0.2, -0.15) is 0 Å². The van der Waals surface area contributed by atoms with E-state index < -0.39 is 0 Å². The van der Waals surface area contributed by atoms with E-state index in [2.05, 4.69) is 52.5 Å². The van der Waals surface area contributed by atoms with Crippen LogP contribution in [0.25, 0.3) is 0 Å². The Balaban J connectivity index is 2.34. The minimum atomic E-state index is -0.0785. The summed E-state index contributed by atoms with van der Waals surface area (Å²) >= 11 is 0. The Labute approximate surface area is 117 Å². The number of fused-ring (bicyclic) bond motifs is 1. The van der Waals surface area contributed by atoms with E-state index >= 15 is 0 Å². The van der Waals surface area contributed by atoms with Gasteiger partial charge in [-0.1, -0.05) is 58.1 Å². The SMILES string of the molecule is C=C1C=CC2(C)C(=C1)CCC(C)C2C(=O)CC(C)C. The van der Waals surface area contributed by atoms with E-state index in [1.807, 2.05) is 0 Å². The molecule has 0 bridgehead atoms. The van der Waals surface area contributed by atoms with Crippen molar-refractivity contribution in [3.8, 4) is 0 Å². The molecule has 3 unspecified atom stereocenters. The topological polar surface area (TPSA) is 17.1 Å². The summed E-state index contributed by atoms with van der Waals surface area (Å²) < 4.78 is 0. The molecular weight excluding hydrogens is 232 g/mol. The van der Waals surface area contributed by atoms with Gasteiger partial charge in [0.1, 0.15) is 5.78 Å². The van der Waals surface area contributed by atoms with Crippen molar-refractivity contribution < 1.29 is 4.79 Å². The molecule has 0 aromatic heterocycles. The quantitative estimate of drug-likeness (QED) is 0.716. The zero-order valence-electron chi connectivity index (χ0n) is 12.7. The van der Waals surface area contributed by atoms with Crippen LogP contribution in [-0.2, 0) is 4.79 Å². The third kappa shape index (κ3) is 2.61. The van der Waals surface area contributed by atoms with Gasteiger partial charge in [-0.25, -0.2) is 0 Å². The molecule has 2 aliphatic rings. The minimum absolute atomic E-state index is 0.0785. The van der Waals surface area contributed by atoms with E-state index in [1.54, 1.807) is 0 Å². The molecule has 19 heavy (non-hydrogen) atoms. The van der Waals surface area contributed by atoms with Crippen LogP contribution < -0.4 is 0 Å². The molecule has 2 rings (SSSR count). The second-order valence-electron chi connectivity index (χ2n) is 6.92. The Morgan fingerprint density at radius 3 is 2.84 bits per heavy atom. The first-order chi connectivity index (χ1) is 8.84. The third-order valence-electron chi connectivity index (χ3n) is 4.74. The average Bonchev–Trinajstić information content (AvgIpc) is 2.29. The van der Waals surface area contributed by atoms with E-state index in [-0.39, 0.29) is 11.3 Å². The summed E-state index contributed by atoms with van der Waals surface area (Å²) in [5, 5.41) is 0. The van der Waals surface area contributed by atoms with Crippen molar-refractivity contribution in [1.82, 2.24) is 0 Å². The molecule has 1 heteroatoms. The number of allylic oxidation sites excluding steroid dienone is 5. The summed E-state index contributed by atoms with van der Waals surface area (Å²) in [7, 11) is 0. The van der Waals surface area contributed by atoms with Gasteiger partial charge < -0.3 is 0 Å². The molecular formula is C18H26O. The number of carbonyl (C=O) groups is 1. The largest absolute Gasteiger partial charge is 0.299 e. The summed E-state index contributed by atoms with van der Waals surface area (Å²) in [6, 6.07) is 0. The maximum absolute atomic E-state index is 12.7. The number of hydrogen-bond donors (Lipinski definition) is 0. The van der Waals surface area contributed by atoms with Crippen LogP contribution in [0.5, 0.6) is 0 Å². The fourth-order valence-electron chi connectivity index (χ4n) is 3.78. The average molecular weight is 258 g/mol. The van der Waals surface area contributed by atoms with Crippen LogP contribution in [0.4, 0.5) is 0 Å². The Morgan fingerprint density at radius 2 is 2.21 bits per heavy atom. The standard InChI is InChI=1S/C18H26O/c1-12(2)10-16(19)17-14(4)6-7-15-11-13(3)8-9-18(15,17)5/h8-9,11-12,14,17H,3,6-7,10H2,1-2,4-5H3. The molecule has 0 heterocycles. The van der Waals surface area contributed by atoms with Gasteiger partial charge in [-0.15, -0.1) is 0 Å². The number of Topliss-reactive ketones (excluding diaryl/α,β-unsaturated/α-hetero) is 1. The van der Waals surface area contributed by atoms with Gasteiger partial charge in [0.15, 0.2) is 0 Å². The van der Waals surface area contributed by atoms with E-state index in [9.17, 15) is 4.79 Å². The lowest BCUT2D eigenvalue weighted by Crippen LogP contribution is -2.42. The molecule has 0 N–H and O–H groups in total. The Hall–Kier alpha value is -1.11. The lowest BCUT2D eigenvalue weighted by Gasteiger charge is -2.46. The van der Waals surface area contributed by atoms with Crippen LogP contribution in [-0.4, -0.2) is 5.78 Å². The van der Waals surface area contributed by atoms with E-state index in [0.29, 0.717) is 24.0 Å². The van der Waals surface area contributed by atoms with Crippen LogP contribution in [0, 0.1) is 23.2 Å². The molecule has 104 valence electrons. The summed E-state index contributed by atoms with van der Waals surface area (Å²) in [6.07, 6.45) is 9.43. The predicted octanol–water partition coefficient (Wildman–Crippen LogP) is 4.71. The van der Waals surface area contributed by atoms with Gasteiger partial charge in [0.05, 0.1) is 0 Å². The highest BCUT2D eigenvalue weighted by Gasteiger charge is 2.46. The van der Waals surface area contributed by atoms with Crippen molar-refractivity contribution in [3.63, 3.8) is 0 Å². The number of hydrogen-bond acceptors (Lipinski definition) is 1. The number of ketones is 1. The Kier molecular flexibility index (Phi) is 3.85. The molecule has 1 fully saturated rings. The van der Waals surface area contributed by atoms with Crippen LogP contribution in [0.1, 0.15) is 47.0 Å². The van der Waals surface area contributed by atoms with Gasteiger partial charge >= 0.3 is 0 Å². The van der Waals surface area contributed by atoms with Crippen LogP contribution in [0.2, 0.25) is 0 Å². The summed E-state index contributed by atoms with van der Waals surface area (Å²) in [4.78, 5) is 12.7. The molecule has 0 spiro atoms. The maximum Gasteiger partial charge on any atom is 0.137 e.